The summed E-state index contributed by atoms with van der Waals surface area (Å²) in [5.74, 6) is 0. The van der Waals surface area contributed by atoms with Crippen molar-refractivity contribution in [2.24, 2.45) is 0 Å². The smallest absolute Gasteiger partial charge is 0.0418 e. The van der Waals surface area contributed by atoms with E-state index < -0.39 is 0 Å². The highest BCUT2D eigenvalue weighted by Crippen LogP contribution is 2.13. The number of rotatable bonds is 3. The van der Waals surface area contributed by atoms with Crippen LogP contribution in [0.5, 0.6) is 0 Å². The summed E-state index contributed by atoms with van der Waals surface area (Å²) in [5, 5.41) is 0. The van der Waals surface area contributed by atoms with Gasteiger partial charge in [-0.2, -0.15) is 0 Å². The standard InChI is InChI=1S/C15H17IN2/c1-10-4-5-13(18-12(10)3)6-7-14-8-15(16)11(2)9-17-14/h4-5,8-9H,6-7H2,1-3H3. The first-order chi connectivity index (χ1) is 8.56. The molecule has 18 heavy (non-hydrogen) atoms. The van der Waals surface area contributed by atoms with Gasteiger partial charge in [0.15, 0.2) is 0 Å². The third-order valence-electron chi connectivity index (χ3n) is 3.14. The van der Waals surface area contributed by atoms with Crippen LogP contribution in [0.2, 0.25) is 0 Å². The van der Waals surface area contributed by atoms with Crippen LogP contribution in [-0.4, -0.2) is 9.97 Å². The predicted octanol–water partition coefficient (Wildman–Crippen LogP) is 3.79. The van der Waals surface area contributed by atoms with Crippen LogP contribution in [0, 0.1) is 24.3 Å². The molecule has 94 valence electrons. The molecule has 0 aromatic carbocycles. The predicted molar refractivity (Wildman–Crippen MR) is 82.8 cm³/mol. The number of hydrogen-bond donors (Lipinski definition) is 0. The van der Waals surface area contributed by atoms with E-state index in [9.17, 15) is 0 Å². The Balaban J connectivity index is 2.06. The monoisotopic (exact) mass is 352 g/mol. The van der Waals surface area contributed by atoms with E-state index in [0.29, 0.717) is 0 Å². The normalized spacial score (nSPS) is 10.7. The van der Waals surface area contributed by atoms with Gasteiger partial charge in [-0.15, -0.1) is 0 Å². The first-order valence-corrected chi connectivity index (χ1v) is 7.18. The van der Waals surface area contributed by atoms with E-state index in [2.05, 4.69) is 71.5 Å². The Labute approximate surface area is 122 Å². The van der Waals surface area contributed by atoms with Crippen LogP contribution in [0.3, 0.4) is 0 Å². The van der Waals surface area contributed by atoms with Gasteiger partial charge in [-0.1, -0.05) is 6.07 Å². The summed E-state index contributed by atoms with van der Waals surface area (Å²) < 4.78 is 1.28. The maximum Gasteiger partial charge on any atom is 0.0418 e. The molecule has 0 aliphatic carbocycles. The van der Waals surface area contributed by atoms with Gasteiger partial charge < -0.3 is 0 Å². The number of aromatic nitrogens is 2. The molecule has 2 heterocycles. The fourth-order valence-electron chi connectivity index (χ4n) is 1.75. The topological polar surface area (TPSA) is 25.8 Å². The average Bonchev–Trinajstić information content (AvgIpc) is 2.35. The lowest BCUT2D eigenvalue weighted by molar-refractivity contribution is 0.866. The summed E-state index contributed by atoms with van der Waals surface area (Å²) in [5.41, 5.74) is 5.91. The molecule has 0 radical (unpaired) electrons. The molecule has 2 aromatic heterocycles. The van der Waals surface area contributed by atoms with Gasteiger partial charge in [0.1, 0.15) is 0 Å². The molecule has 0 saturated heterocycles. The van der Waals surface area contributed by atoms with Crippen molar-refractivity contribution in [1.82, 2.24) is 9.97 Å². The fraction of sp³-hybridized carbons (Fsp3) is 0.333. The second kappa shape index (κ2) is 5.78. The van der Waals surface area contributed by atoms with Crippen LogP contribution in [0.1, 0.15) is 28.2 Å². The van der Waals surface area contributed by atoms with Crippen LogP contribution in [-0.2, 0) is 12.8 Å². The zero-order chi connectivity index (χ0) is 13.1. The van der Waals surface area contributed by atoms with Gasteiger partial charge in [0, 0.05) is 26.8 Å². The highest BCUT2D eigenvalue weighted by atomic mass is 127. The molecule has 0 N–H and O–H groups in total. The first kappa shape index (κ1) is 13.5. The summed E-state index contributed by atoms with van der Waals surface area (Å²) in [6.07, 6.45) is 3.85. The quantitative estimate of drug-likeness (QED) is 0.786. The van der Waals surface area contributed by atoms with Crippen molar-refractivity contribution >= 4 is 22.6 Å². The Morgan fingerprint density at radius 1 is 1.00 bits per heavy atom. The molecule has 2 rings (SSSR count). The molecular weight excluding hydrogens is 335 g/mol. The Morgan fingerprint density at radius 2 is 1.72 bits per heavy atom. The maximum absolute atomic E-state index is 4.60. The molecule has 0 spiro atoms. The number of halogens is 1. The Kier molecular flexibility index (Phi) is 4.32. The van der Waals surface area contributed by atoms with Crippen LogP contribution in [0.25, 0.3) is 0 Å². The minimum Gasteiger partial charge on any atom is -0.261 e. The highest BCUT2D eigenvalue weighted by molar-refractivity contribution is 14.1. The van der Waals surface area contributed by atoms with E-state index in [0.717, 1.165) is 29.9 Å². The lowest BCUT2D eigenvalue weighted by Crippen LogP contribution is -1.99. The summed E-state index contributed by atoms with van der Waals surface area (Å²) >= 11 is 2.36. The van der Waals surface area contributed by atoms with Crippen LogP contribution < -0.4 is 0 Å². The molecule has 0 aliphatic heterocycles. The molecule has 0 atom stereocenters. The molecule has 2 nitrogen and oxygen atoms in total. The van der Waals surface area contributed by atoms with E-state index >= 15 is 0 Å². The molecular formula is C15H17IN2. The van der Waals surface area contributed by atoms with E-state index in [4.69, 9.17) is 0 Å². The third kappa shape index (κ3) is 3.28. The minimum atomic E-state index is 0.950. The molecule has 0 saturated carbocycles. The van der Waals surface area contributed by atoms with Gasteiger partial charge in [0.05, 0.1) is 0 Å². The van der Waals surface area contributed by atoms with Crippen molar-refractivity contribution in [3.05, 3.63) is 56.2 Å². The minimum absolute atomic E-state index is 0.950. The van der Waals surface area contributed by atoms with Crippen molar-refractivity contribution in [1.29, 1.82) is 0 Å². The Morgan fingerprint density at radius 3 is 2.39 bits per heavy atom. The number of pyridine rings is 2. The van der Waals surface area contributed by atoms with Crippen molar-refractivity contribution in [2.75, 3.05) is 0 Å². The van der Waals surface area contributed by atoms with Gasteiger partial charge >= 0.3 is 0 Å². The molecule has 0 aliphatic rings. The fourth-order valence-corrected chi connectivity index (χ4v) is 2.25. The molecule has 3 heteroatoms. The van der Waals surface area contributed by atoms with E-state index in [-0.39, 0.29) is 0 Å². The van der Waals surface area contributed by atoms with E-state index in [1.807, 2.05) is 6.20 Å². The lowest BCUT2D eigenvalue weighted by Gasteiger charge is -2.05. The molecule has 0 fully saturated rings. The SMILES string of the molecule is Cc1cnc(CCc2ccc(C)c(C)n2)cc1I. The largest absolute Gasteiger partial charge is 0.261 e. The van der Waals surface area contributed by atoms with Gasteiger partial charge in [-0.05, 0) is 79.5 Å². The van der Waals surface area contributed by atoms with Gasteiger partial charge in [0.2, 0.25) is 0 Å². The van der Waals surface area contributed by atoms with Crippen LogP contribution in [0.15, 0.2) is 24.4 Å². The van der Waals surface area contributed by atoms with E-state index in [1.54, 1.807) is 0 Å². The van der Waals surface area contributed by atoms with Crippen molar-refractivity contribution in [3.8, 4) is 0 Å². The average molecular weight is 352 g/mol. The number of nitrogens with zero attached hydrogens (tertiary/aromatic N) is 2. The van der Waals surface area contributed by atoms with E-state index in [1.165, 1.54) is 14.7 Å². The molecule has 2 aromatic rings. The van der Waals surface area contributed by atoms with Gasteiger partial charge in [-0.25, -0.2) is 0 Å². The summed E-state index contributed by atoms with van der Waals surface area (Å²) in [7, 11) is 0. The highest BCUT2D eigenvalue weighted by Gasteiger charge is 2.02. The van der Waals surface area contributed by atoms with Crippen molar-refractivity contribution in [2.45, 2.75) is 33.6 Å². The zero-order valence-electron chi connectivity index (χ0n) is 11.0. The third-order valence-corrected chi connectivity index (χ3v) is 4.30. The Bertz CT molecular complexity index is 513. The molecule has 0 amide bonds. The van der Waals surface area contributed by atoms with Crippen molar-refractivity contribution < 1.29 is 0 Å². The summed E-state index contributed by atoms with van der Waals surface area (Å²) in [6.45, 7) is 6.24. The molecule has 0 bridgehead atoms. The second-order valence-electron chi connectivity index (χ2n) is 4.63. The van der Waals surface area contributed by atoms with Crippen LogP contribution in [0.4, 0.5) is 0 Å². The second-order valence-corrected chi connectivity index (χ2v) is 5.79. The number of hydrogen-bond acceptors (Lipinski definition) is 2. The summed E-state index contributed by atoms with van der Waals surface area (Å²) in [6, 6.07) is 6.42. The lowest BCUT2D eigenvalue weighted by atomic mass is 10.1. The van der Waals surface area contributed by atoms with Crippen molar-refractivity contribution in [3.63, 3.8) is 0 Å². The molecule has 0 unspecified atom stereocenters. The number of aryl methyl sites for hydroxylation is 5. The van der Waals surface area contributed by atoms with Gasteiger partial charge in [-0.3, -0.25) is 9.97 Å². The zero-order valence-corrected chi connectivity index (χ0v) is 13.2. The Hall–Kier alpha value is -0.970. The van der Waals surface area contributed by atoms with Gasteiger partial charge in [0.25, 0.3) is 0 Å². The maximum atomic E-state index is 4.60. The van der Waals surface area contributed by atoms with Crippen LogP contribution >= 0.6 is 22.6 Å². The first-order valence-electron chi connectivity index (χ1n) is 6.10. The summed E-state index contributed by atoms with van der Waals surface area (Å²) in [4.78, 5) is 9.06.